The summed E-state index contributed by atoms with van der Waals surface area (Å²) in [5.41, 5.74) is 1.99. The van der Waals surface area contributed by atoms with E-state index in [4.69, 9.17) is 4.74 Å². The van der Waals surface area contributed by atoms with Gasteiger partial charge in [-0.15, -0.1) is 0 Å². The predicted molar refractivity (Wildman–Crippen MR) is 139 cm³/mol. The number of ether oxygens (including phenoxy) is 1. The van der Waals surface area contributed by atoms with E-state index in [2.05, 4.69) is 75.5 Å². The van der Waals surface area contributed by atoms with E-state index in [1.165, 1.54) is 15.7 Å². The van der Waals surface area contributed by atoms with Crippen LogP contribution in [0.2, 0.25) is 0 Å². The second kappa shape index (κ2) is 9.27. The highest BCUT2D eigenvalue weighted by Gasteiger charge is 2.33. The molecule has 0 spiro atoms. The molecule has 2 amide bonds. The Labute approximate surface area is 206 Å². The zero-order chi connectivity index (χ0) is 21.3. The van der Waals surface area contributed by atoms with Crippen LogP contribution in [-0.2, 0) is 11.4 Å². The Bertz CT molecular complexity index is 1170. The largest absolute Gasteiger partial charge is 0.487 e. The molecule has 4 nitrogen and oxygen atoms in total. The van der Waals surface area contributed by atoms with Crippen molar-refractivity contribution < 1.29 is 14.3 Å². The van der Waals surface area contributed by atoms with E-state index in [1.54, 1.807) is 13.0 Å². The summed E-state index contributed by atoms with van der Waals surface area (Å²) in [6.45, 7) is 2.66. The summed E-state index contributed by atoms with van der Waals surface area (Å²) in [6, 6.07) is 18.5. The Balaban J connectivity index is 1.53. The van der Waals surface area contributed by atoms with Gasteiger partial charge in [-0.3, -0.25) is 14.5 Å². The highest BCUT2D eigenvalue weighted by Crippen LogP contribution is 2.35. The highest BCUT2D eigenvalue weighted by atomic mass is 127. The van der Waals surface area contributed by atoms with Crippen LogP contribution in [0, 0.1) is 7.14 Å². The summed E-state index contributed by atoms with van der Waals surface area (Å²) < 4.78 is 8.05. The second-order valence-corrected chi connectivity index (χ2v) is 10.0. The number of amides is 2. The Morgan fingerprint density at radius 3 is 2.37 bits per heavy atom. The van der Waals surface area contributed by atoms with Crippen LogP contribution in [-0.4, -0.2) is 22.6 Å². The van der Waals surface area contributed by atoms with E-state index >= 15 is 0 Å². The van der Waals surface area contributed by atoms with Crippen LogP contribution >= 0.6 is 56.9 Å². The van der Waals surface area contributed by atoms with Gasteiger partial charge in [0.2, 0.25) is 0 Å². The van der Waals surface area contributed by atoms with Crippen molar-refractivity contribution in [3.8, 4) is 5.75 Å². The minimum absolute atomic E-state index is 0.214. The maximum atomic E-state index is 12.3. The zero-order valence-corrected chi connectivity index (χ0v) is 21.2. The first-order valence-corrected chi connectivity index (χ1v) is 12.3. The molecule has 0 radical (unpaired) electrons. The number of likely N-dealkylation sites (N-methyl/N-ethyl adjacent to an activating group) is 1. The maximum absolute atomic E-state index is 12.3. The molecule has 3 aromatic carbocycles. The molecule has 30 heavy (non-hydrogen) atoms. The van der Waals surface area contributed by atoms with Crippen LogP contribution in [0.25, 0.3) is 16.8 Å². The van der Waals surface area contributed by atoms with Crippen LogP contribution in [0.15, 0.2) is 59.5 Å². The summed E-state index contributed by atoms with van der Waals surface area (Å²) in [5, 5.41) is 2.19. The molecule has 1 aliphatic rings. The fourth-order valence-corrected chi connectivity index (χ4v) is 6.24. The van der Waals surface area contributed by atoms with Crippen LogP contribution in [0.3, 0.4) is 0 Å². The Morgan fingerprint density at radius 2 is 1.70 bits per heavy atom. The van der Waals surface area contributed by atoms with Gasteiger partial charge < -0.3 is 4.74 Å². The van der Waals surface area contributed by atoms with E-state index in [-0.39, 0.29) is 11.1 Å². The summed E-state index contributed by atoms with van der Waals surface area (Å²) in [4.78, 5) is 26.0. The highest BCUT2D eigenvalue weighted by molar-refractivity contribution is 14.1. The molecule has 0 aliphatic carbocycles. The number of hydrogen-bond donors (Lipinski definition) is 0. The number of rotatable bonds is 5. The number of carbonyl (C=O) groups is 2. The average molecular weight is 641 g/mol. The molecule has 4 rings (SSSR count). The van der Waals surface area contributed by atoms with Crippen LogP contribution in [0.1, 0.15) is 18.1 Å². The van der Waals surface area contributed by atoms with Crippen molar-refractivity contribution >= 4 is 84.9 Å². The van der Waals surface area contributed by atoms with E-state index in [1.807, 2.05) is 24.3 Å². The molecule has 0 atom stereocenters. The first kappa shape index (κ1) is 21.6. The first-order chi connectivity index (χ1) is 14.5. The number of thioether (sulfide) groups is 1. The smallest absolute Gasteiger partial charge is 0.293 e. The summed E-state index contributed by atoms with van der Waals surface area (Å²) in [7, 11) is 0. The van der Waals surface area contributed by atoms with Crippen molar-refractivity contribution in [1.29, 1.82) is 0 Å². The average Bonchev–Trinajstić information content (AvgIpc) is 2.99. The Morgan fingerprint density at radius 1 is 1.00 bits per heavy atom. The van der Waals surface area contributed by atoms with Crippen LogP contribution in [0.4, 0.5) is 4.79 Å². The minimum atomic E-state index is -0.228. The van der Waals surface area contributed by atoms with Crippen molar-refractivity contribution in [3.05, 3.63) is 77.8 Å². The third-order valence-corrected chi connectivity index (χ3v) is 7.22. The molecule has 152 valence electrons. The maximum Gasteiger partial charge on any atom is 0.293 e. The van der Waals surface area contributed by atoms with Crippen molar-refractivity contribution in [2.24, 2.45) is 0 Å². The van der Waals surface area contributed by atoms with Crippen molar-refractivity contribution in [3.63, 3.8) is 0 Å². The number of benzene rings is 3. The Hall–Kier alpha value is -1.59. The van der Waals surface area contributed by atoms with Gasteiger partial charge >= 0.3 is 0 Å². The molecule has 3 aromatic rings. The number of halogens is 2. The third-order valence-electron chi connectivity index (χ3n) is 4.71. The molecule has 0 bridgehead atoms. The molecule has 0 unspecified atom stereocenters. The number of nitrogens with zero attached hydrogens (tertiary/aromatic N) is 1. The van der Waals surface area contributed by atoms with Crippen LogP contribution in [0.5, 0.6) is 5.75 Å². The summed E-state index contributed by atoms with van der Waals surface area (Å²) in [5.74, 6) is 0.595. The van der Waals surface area contributed by atoms with Crippen LogP contribution < -0.4 is 4.74 Å². The van der Waals surface area contributed by atoms with Gasteiger partial charge in [-0.2, -0.15) is 0 Å². The molecule has 0 N–H and O–H groups in total. The zero-order valence-electron chi connectivity index (χ0n) is 16.0. The lowest BCUT2D eigenvalue weighted by Crippen LogP contribution is -2.27. The number of imide groups is 1. The molecule has 7 heteroatoms. The molecular formula is C23H17I2NO3S. The lowest BCUT2D eigenvalue weighted by Gasteiger charge is -2.12. The molecule has 1 aliphatic heterocycles. The fraction of sp³-hybridized carbons (Fsp3) is 0.130. The topological polar surface area (TPSA) is 46.6 Å². The third kappa shape index (κ3) is 4.52. The number of hydrogen-bond acceptors (Lipinski definition) is 4. The molecule has 0 saturated carbocycles. The predicted octanol–water partition coefficient (Wildman–Crippen LogP) is 6.68. The van der Waals surface area contributed by atoms with Crippen molar-refractivity contribution in [2.45, 2.75) is 13.5 Å². The van der Waals surface area contributed by atoms with E-state index in [0.29, 0.717) is 18.1 Å². The SMILES string of the molecule is CCN1C(=O)S/C(=C/c2cc(I)c(OCc3ccc4ccccc4c3)c(I)c2)C1=O. The lowest BCUT2D eigenvalue weighted by atomic mass is 10.1. The molecule has 0 aromatic heterocycles. The van der Waals surface area contributed by atoms with E-state index < -0.39 is 0 Å². The number of carbonyl (C=O) groups excluding carboxylic acids is 2. The van der Waals surface area contributed by atoms with E-state index in [9.17, 15) is 9.59 Å². The Kier molecular flexibility index (Phi) is 6.69. The molecule has 1 fully saturated rings. The van der Waals surface area contributed by atoms with Gasteiger partial charge in [0.25, 0.3) is 11.1 Å². The quantitative estimate of drug-likeness (QED) is 0.231. The lowest BCUT2D eigenvalue weighted by molar-refractivity contribution is -0.122. The van der Waals surface area contributed by atoms with Gasteiger partial charge in [-0.25, -0.2) is 0 Å². The van der Waals surface area contributed by atoms with Crippen molar-refractivity contribution in [1.82, 2.24) is 4.90 Å². The van der Waals surface area contributed by atoms with E-state index in [0.717, 1.165) is 35.8 Å². The second-order valence-electron chi connectivity index (χ2n) is 6.71. The monoisotopic (exact) mass is 641 g/mol. The van der Waals surface area contributed by atoms with Gasteiger partial charge in [0.05, 0.1) is 12.0 Å². The van der Waals surface area contributed by atoms with Gasteiger partial charge in [-0.1, -0.05) is 36.4 Å². The van der Waals surface area contributed by atoms with Gasteiger partial charge in [0.15, 0.2) is 0 Å². The first-order valence-electron chi connectivity index (χ1n) is 9.31. The van der Waals surface area contributed by atoms with Gasteiger partial charge in [-0.05, 0) is 110 Å². The number of fused-ring (bicyclic) bond motifs is 1. The summed E-state index contributed by atoms with van der Waals surface area (Å²) >= 11 is 5.48. The van der Waals surface area contributed by atoms with Gasteiger partial charge in [0.1, 0.15) is 12.4 Å². The fourth-order valence-electron chi connectivity index (χ4n) is 3.21. The minimum Gasteiger partial charge on any atom is -0.487 e. The normalized spacial score (nSPS) is 15.4. The van der Waals surface area contributed by atoms with Crippen molar-refractivity contribution in [2.75, 3.05) is 6.54 Å². The standard InChI is InChI=1S/C23H17I2NO3S/c1-2-26-22(27)20(30-23(26)28)12-15-10-18(24)21(19(25)11-15)29-13-14-7-8-16-5-3-4-6-17(16)9-14/h3-12H,2,13H2,1H3/b20-12+. The molecule has 1 heterocycles. The molecular weight excluding hydrogens is 624 g/mol. The molecule has 1 saturated heterocycles. The summed E-state index contributed by atoms with van der Waals surface area (Å²) in [6.07, 6.45) is 1.78. The van der Waals surface area contributed by atoms with Gasteiger partial charge in [0, 0.05) is 6.54 Å².